The van der Waals surface area contributed by atoms with E-state index in [0.29, 0.717) is 12.0 Å². The zero-order valence-electron chi connectivity index (χ0n) is 10.3. The molecule has 0 aromatic heterocycles. The topological polar surface area (TPSA) is 20.2 Å². The van der Waals surface area contributed by atoms with Crippen LogP contribution in [-0.2, 0) is 0 Å². The van der Waals surface area contributed by atoms with E-state index in [4.69, 9.17) is 0 Å². The van der Waals surface area contributed by atoms with Crippen LogP contribution >= 0.6 is 22.6 Å². The average molecular weight is 336 g/mol. The van der Waals surface area contributed by atoms with Gasteiger partial charge in [0.25, 0.3) is 0 Å². The zero-order valence-corrected chi connectivity index (χ0v) is 12.4. The lowest BCUT2D eigenvalue weighted by Gasteiger charge is -2.45. The molecule has 0 aliphatic heterocycles. The van der Waals surface area contributed by atoms with Crippen molar-refractivity contribution >= 4 is 22.6 Å². The van der Waals surface area contributed by atoms with Gasteiger partial charge in [0.2, 0.25) is 0 Å². The van der Waals surface area contributed by atoms with E-state index in [2.05, 4.69) is 22.6 Å². The van der Waals surface area contributed by atoms with Gasteiger partial charge in [0.1, 0.15) is 0 Å². The number of rotatable bonds is 3. The molecule has 0 heterocycles. The minimum absolute atomic E-state index is 0.328. The molecule has 0 atom stereocenters. The second kappa shape index (κ2) is 6.03. The second-order valence-electron chi connectivity index (χ2n) is 5.95. The molecule has 2 heteroatoms. The molecule has 0 aromatic rings. The first-order valence-electron chi connectivity index (χ1n) is 6.97. The molecule has 2 saturated carbocycles. The van der Waals surface area contributed by atoms with Crippen LogP contribution in [0.4, 0.5) is 0 Å². The van der Waals surface area contributed by atoms with Gasteiger partial charge in [0.15, 0.2) is 0 Å². The quantitative estimate of drug-likeness (QED) is 0.606. The van der Waals surface area contributed by atoms with Crippen LogP contribution in [0.2, 0.25) is 0 Å². The van der Waals surface area contributed by atoms with Crippen molar-refractivity contribution in [3.63, 3.8) is 0 Å². The van der Waals surface area contributed by atoms with E-state index >= 15 is 0 Å². The van der Waals surface area contributed by atoms with Gasteiger partial charge in [-0.2, -0.15) is 0 Å². The highest BCUT2D eigenvalue weighted by Gasteiger charge is 2.40. The van der Waals surface area contributed by atoms with Crippen LogP contribution in [-0.4, -0.2) is 16.1 Å². The van der Waals surface area contributed by atoms with E-state index in [1.54, 1.807) is 0 Å². The molecule has 2 aliphatic carbocycles. The van der Waals surface area contributed by atoms with Gasteiger partial charge in [-0.05, 0) is 55.8 Å². The Balaban J connectivity index is 1.94. The maximum atomic E-state index is 9.82. The molecule has 1 nitrogen and oxygen atoms in total. The first-order chi connectivity index (χ1) is 7.80. The smallest absolute Gasteiger partial charge is 0.0490 e. The van der Waals surface area contributed by atoms with Crippen LogP contribution in [0, 0.1) is 17.3 Å². The van der Waals surface area contributed by atoms with Crippen LogP contribution in [0.3, 0.4) is 0 Å². The molecule has 0 spiro atoms. The Morgan fingerprint density at radius 1 is 1.00 bits per heavy atom. The fourth-order valence-corrected chi connectivity index (χ4v) is 4.76. The van der Waals surface area contributed by atoms with E-state index in [1.165, 1.54) is 62.2 Å². The predicted molar refractivity (Wildman–Crippen MR) is 76.9 cm³/mol. The Morgan fingerprint density at radius 3 is 2.12 bits per heavy atom. The molecule has 94 valence electrons. The summed E-state index contributed by atoms with van der Waals surface area (Å²) in [4.78, 5) is 0. The Labute approximate surface area is 114 Å². The average Bonchev–Trinajstić information content (AvgIpc) is 2.39. The minimum atomic E-state index is 0.328. The third-order valence-corrected chi connectivity index (χ3v) is 6.34. The van der Waals surface area contributed by atoms with Crippen molar-refractivity contribution in [2.24, 2.45) is 17.3 Å². The molecular formula is C14H25IO. The number of hydrogen-bond donors (Lipinski definition) is 1. The summed E-state index contributed by atoms with van der Waals surface area (Å²) in [5.74, 6) is 1.80. The van der Waals surface area contributed by atoms with E-state index in [0.717, 1.165) is 11.8 Å². The Hall–Kier alpha value is 0.690. The largest absolute Gasteiger partial charge is 0.396 e. The summed E-state index contributed by atoms with van der Waals surface area (Å²) in [6.07, 6.45) is 12.3. The van der Waals surface area contributed by atoms with Gasteiger partial charge < -0.3 is 5.11 Å². The first-order valence-corrected chi connectivity index (χ1v) is 8.50. The lowest BCUT2D eigenvalue weighted by Crippen LogP contribution is -2.38. The summed E-state index contributed by atoms with van der Waals surface area (Å²) in [5, 5.41) is 9.82. The molecule has 2 fully saturated rings. The summed E-state index contributed by atoms with van der Waals surface area (Å²) >= 11 is 2.53. The molecular weight excluding hydrogens is 311 g/mol. The van der Waals surface area contributed by atoms with E-state index < -0.39 is 0 Å². The highest BCUT2D eigenvalue weighted by atomic mass is 127. The number of aliphatic hydroxyl groups is 1. The van der Waals surface area contributed by atoms with Crippen LogP contribution in [0.25, 0.3) is 0 Å². The third-order valence-electron chi connectivity index (χ3n) is 5.10. The Kier molecular flexibility index (Phi) is 4.95. The first kappa shape index (κ1) is 13.1. The SMILES string of the molecule is OCC1(C2CCC(CI)CC2)CCCCC1. The van der Waals surface area contributed by atoms with Gasteiger partial charge in [-0.25, -0.2) is 0 Å². The third kappa shape index (κ3) is 2.74. The van der Waals surface area contributed by atoms with Crippen LogP contribution in [0.1, 0.15) is 57.8 Å². The maximum absolute atomic E-state index is 9.82. The molecule has 0 saturated heterocycles. The maximum Gasteiger partial charge on any atom is 0.0490 e. The summed E-state index contributed by atoms with van der Waals surface area (Å²) < 4.78 is 1.33. The molecule has 2 rings (SSSR count). The number of aliphatic hydroxyl groups excluding tert-OH is 1. The molecule has 0 aromatic carbocycles. The van der Waals surface area contributed by atoms with Crippen molar-refractivity contribution < 1.29 is 5.11 Å². The van der Waals surface area contributed by atoms with Crippen molar-refractivity contribution in [3.05, 3.63) is 0 Å². The molecule has 2 aliphatic rings. The summed E-state index contributed by atoms with van der Waals surface area (Å²) in [6.45, 7) is 0.451. The van der Waals surface area contributed by atoms with Crippen molar-refractivity contribution in [1.82, 2.24) is 0 Å². The lowest BCUT2D eigenvalue weighted by atomic mass is 9.61. The summed E-state index contributed by atoms with van der Waals surface area (Å²) in [7, 11) is 0. The van der Waals surface area contributed by atoms with Crippen LogP contribution in [0.5, 0.6) is 0 Å². The molecule has 0 radical (unpaired) electrons. The molecule has 0 amide bonds. The Bertz CT molecular complexity index is 203. The molecule has 1 N–H and O–H groups in total. The monoisotopic (exact) mass is 336 g/mol. The fourth-order valence-electron chi connectivity index (χ4n) is 3.88. The molecule has 0 bridgehead atoms. The predicted octanol–water partition coefficient (Wildman–Crippen LogP) is 4.17. The summed E-state index contributed by atoms with van der Waals surface area (Å²) in [5.41, 5.74) is 0.328. The number of halogens is 1. The van der Waals surface area contributed by atoms with E-state index in [1.807, 2.05) is 0 Å². The van der Waals surface area contributed by atoms with Crippen LogP contribution in [0.15, 0.2) is 0 Å². The zero-order chi connectivity index (χ0) is 11.4. The van der Waals surface area contributed by atoms with Crippen molar-refractivity contribution in [2.45, 2.75) is 57.8 Å². The summed E-state index contributed by atoms with van der Waals surface area (Å²) in [6, 6.07) is 0. The van der Waals surface area contributed by atoms with Crippen LogP contribution < -0.4 is 0 Å². The Morgan fingerprint density at radius 2 is 1.62 bits per heavy atom. The van der Waals surface area contributed by atoms with Gasteiger partial charge in [-0.1, -0.05) is 41.9 Å². The highest BCUT2D eigenvalue weighted by Crippen LogP contribution is 2.48. The van der Waals surface area contributed by atoms with Crippen molar-refractivity contribution in [2.75, 3.05) is 11.0 Å². The highest BCUT2D eigenvalue weighted by molar-refractivity contribution is 14.1. The van der Waals surface area contributed by atoms with Crippen molar-refractivity contribution in [3.8, 4) is 0 Å². The van der Waals surface area contributed by atoms with Gasteiger partial charge in [0, 0.05) is 11.0 Å². The molecule has 0 unspecified atom stereocenters. The fraction of sp³-hybridized carbons (Fsp3) is 1.00. The second-order valence-corrected chi connectivity index (χ2v) is 6.83. The number of alkyl halides is 1. The van der Waals surface area contributed by atoms with Crippen molar-refractivity contribution in [1.29, 1.82) is 0 Å². The van der Waals surface area contributed by atoms with Gasteiger partial charge in [-0.15, -0.1) is 0 Å². The van der Waals surface area contributed by atoms with Gasteiger partial charge in [0.05, 0.1) is 0 Å². The lowest BCUT2D eigenvalue weighted by molar-refractivity contribution is 0.00122. The molecule has 16 heavy (non-hydrogen) atoms. The number of hydrogen-bond acceptors (Lipinski definition) is 1. The van der Waals surface area contributed by atoms with E-state index in [9.17, 15) is 5.11 Å². The van der Waals surface area contributed by atoms with Gasteiger partial charge >= 0.3 is 0 Å². The standard InChI is InChI=1S/C14H25IO/c15-10-12-4-6-13(7-5-12)14(11-16)8-2-1-3-9-14/h12-13,16H,1-11H2. The minimum Gasteiger partial charge on any atom is -0.396 e. The van der Waals surface area contributed by atoms with E-state index in [-0.39, 0.29) is 0 Å². The normalized spacial score (nSPS) is 34.9. The van der Waals surface area contributed by atoms with Gasteiger partial charge in [-0.3, -0.25) is 0 Å².